The van der Waals surface area contributed by atoms with Crippen LogP contribution in [0.3, 0.4) is 0 Å². The van der Waals surface area contributed by atoms with Crippen LogP contribution in [0.1, 0.15) is 46.1 Å². The number of ether oxygens (including phenoxy) is 2. The van der Waals surface area contributed by atoms with Gasteiger partial charge in [0.05, 0.1) is 0 Å². The Morgan fingerprint density at radius 1 is 0.707 bits per heavy atom. The molecule has 1 heterocycles. The van der Waals surface area contributed by atoms with Gasteiger partial charge >= 0.3 is 6.16 Å². The van der Waals surface area contributed by atoms with E-state index in [0.29, 0.717) is 12.8 Å². The van der Waals surface area contributed by atoms with E-state index in [9.17, 15) is 10.0 Å². The molecule has 0 spiro atoms. The fourth-order valence-electron chi connectivity index (χ4n) is 6.24. The van der Waals surface area contributed by atoms with E-state index in [1.54, 1.807) is 0 Å². The van der Waals surface area contributed by atoms with Crippen molar-refractivity contribution in [3.8, 4) is 0 Å². The average Bonchev–Trinajstić information content (AvgIpc) is 2.97. The number of carbonyl (C=O) groups excluding carboxylic acids is 1. The van der Waals surface area contributed by atoms with Crippen molar-refractivity contribution in [2.75, 3.05) is 0 Å². The average molecular weight is 569 g/mol. The van der Waals surface area contributed by atoms with E-state index in [0.717, 1.165) is 5.56 Å². The topological polar surface area (TPSA) is 59.0 Å². The molecule has 0 atom stereocenters. The Labute approximate surface area is 244 Å². The molecule has 0 amide bonds. The summed E-state index contributed by atoms with van der Waals surface area (Å²) in [5.74, 6) is 0. The van der Waals surface area contributed by atoms with Gasteiger partial charge in [0.25, 0.3) is 0 Å². The highest BCUT2D eigenvalue weighted by atomic mass is 31.2. The Morgan fingerprint density at radius 2 is 1.10 bits per heavy atom. The van der Waals surface area contributed by atoms with Crippen molar-refractivity contribution >= 4 is 34.6 Å². The van der Waals surface area contributed by atoms with Crippen molar-refractivity contribution < 1.29 is 19.5 Å². The van der Waals surface area contributed by atoms with Gasteiger partial charge in [-0.05, 0) is 81.8 Å². The number of piperidine rings is 1. The van der Waals surface area contributed by atoms with Gasteiger partial charge in [0, 0.05) is 23.9 Å². The van der Waals surface area contributed by atoms with Crippen LogP contribution in [0, 0.1) is 0 Å². The van der Waals surface area contributed by atoms with Crippen LogP contribution in [-0.2, 0) is 16.1 Å². The molecule has 0 saturated carbocycles. The van der Waals surface area contributed by atoms with Crippen LogP contribution in [0.4, 0.5) is 4.79 Å². The van der Waals surface area contributed by atoms with Crippen molar-refractivity contribution in [3.05, 3.63) is 121 Å². The summed E-state index contributed by atoms with van der Waals surface area (Å²) < 4.78 is 11.2. The summed E-state index contributed by atoms with van der Waals surface area (Å²) in [6.45, 7) is 7.90. The minimum atomic E-state index is -2.17. The molecule has 0 aliphatic carbocycles. The SMILES string of the molecule is CC1(C)CC(OC(=O)OCc2ccc([P+](c3ccccc3)(c3ccccc3)c3ccccc3)cc2)CC(C)(C)N1O. The summed E-state index contributed by atoms with van der Waals surface area (Å²) in [6, 6.07) is 40.6. The molecule has 6 heteroatoms. The van der Waals surface area contributed by atoms with Gasteiger partial charge in [-0.15, -0.1) is 0 Å². The van der Waals surface area contributed by atoms with Crippen molar-refractivity contribution in [2.24, 2.45) is 0 Å². The van der Waals surface area contributed by atoms with Crippen LogP contribution in [0.15, 0.2) is 115 Å². The van der Waals surface area contributed by atoms with E-state index in [1.165, 1.54) is 26.3 Å². The Bertz CT molecular complexity index is 1330. The first-order valence-electron chi connectivity index (χ1n) is 14.1. The van der Waals surface area contributed by atoms with Crippen molar-refractivity contribution in [1.29, 1.82) is 0 Å². The molecular formula is C35H39NO4P+. The van der Waals surface area contributed by atoms with Crippen LogP contribution in [-0.4, -0.2) is 33.6 Å². The molecule has 0 bridgehead atoms. The molecule has 1 fully saturated rings. The number of hydrogen-bond acceptors (Lipinski definition) is 5. The molecule has 212 valence electrons. The summed E-state index contributed by atoms with van der Waals surface area (Å²) in [7, 11) is -2.17. The normalized spacial score (nSPS) is 17.1. The third kappa shape index (κ3) is 5.94. The predicted octanol–water partition coefficient (Wildman–Crippen LogP) is 6.37. The second-order valence-corrected chi connectivity index (χ2v) is 15.4. The maximum atomic E-state index is 12.7. The fraction of sp³-hybridized carbons (Fsp3) is 0.286. The monoisotopic (exact) mass is 568 g/mol. The largest absolute Gasteiger partial charge is 0.508 e. The van der Waals surface area contributed by atoms with Crippen molar-refractivity contribution in [1.82, 2.24) is 5.06 Å². The van der Waals surface area contributed by atoms with Gasteiger partial charge in [0.1, 0.15) is 41.2 Å². The maximum absolute atomic E-state index is 12.7. The molecule has 5 rings (SSSR count). The summed E-state index contributed by atoms with van der Waals surface area (Å²) in [5.41, 5.74) is -0.119. The summed E-state index contributed by atoms with van der Waals surface area (Å²) in [4.78, 5) is 12.7. The Balaban J connectivity index is 1.39. The Morgan fingerprint density at radius 3 is 1.51 bits per heavy atom. The van der Waals surface area contributed by atoms with E-state index in [-0.39, 0.29) is 12.7 Å². The van der Waals surface area contributed by atoms with Gasteiger partial charge in [0.2, 0.25) is 0 Å². The van der Waals surface area contributed by atoms with Crippen LogP contribution in [0.2, 0.25) is 0 Å². The highest BCUT2D eigenvalue weighted by Gasteiger charge is 2.48. The highest BCUT2D eigenvalue weighted by Crippen LogP contribution is 2.54. The fourth-order valence-corrected chi connectivity index (χ4v) is 10.5. The molecule has 4 aromatic rings. The molecule has 1 saturated heterocycles. The molecule has 41 heavy (non-hydrogen) atoms. The summed E-state index contributed by atoms with van der Waals surface area (Å²) >= 11 is 0. The van der Waals surface area contributed by atoms with Crippen molar-refractivity contribution in [2.45, 2.75) is 64.3 Å². The third-order valence-electron chi connectivity index (χ3n) is 7.97. The highest BCUT2D eigenvalue weighted by molar-refractivity contribution is 8.01. The van der Waals surface area contributed by atoms with Crippen LogP contribution in [0.5, 0.6) is 0 Å². The number of benzene rings is 4. The van der Waals surface area contributed by atoms with Gasteiger partial charge in [0.15, 0.2) is 0 Å². The number of hydroxylamine groups is 2. The van der Waals surface area contributed by atoms with Crippen LogP contribution >= 0.6 is 7.26 Å². The summed E-state index contributed by atoms with van der Waals surface area (Å²) in [5, 5.41) is 17.0. The number of hydrogen-bond donors (Lipinski definition) is 1. The van der Waals surface area contributed by atoms with Gasteiger partial charge in [-0.3, -0.25) is 0 Å². The molecule has 1 aliphatic rings. The van der Waals surface area contributed by atoms with E-state index in [2.05, 4.69) is 103 Å². The number of rotatable bonds is 7. The van der Waals surface area contributed by atoms with Gasteiger partial charge < -0.3 is 14.7 Å². The molecule has 0 unspecified atom stereocenters. The Kier molecular flexibility index (Phi) is 8.33. The van der Waals surface area contributed by atoms with Gasteiger partial charge in [-0.1, -0.05) is 66.7 Å². The molecule has 1 aliphatic heterocycles. The number of carbonyl (C=O) groups is 1. The predicted molar refractivity (Wildman–Crippen MR) is 167 cm³/mol. The van der Waals surface area contributed by atoms with E-state index >= 15 is 0 Å². The quantitative estimate of drug-likeness (QED) is 0.207. The zero-order valence-electron chi connectivity index (χ0n) is 24.2. The molecule has 0 aromatic heterocycles. The lowest BCUT2D eigenvalue weighted by atomic mass is 9.80. The first-order valence-corrected chi connectivity index (χ1v) is 15.9. The lowest BCUT2D eigenvalue weighted by Gasteiger charge is -2.50. The first-order chi connectivity index (χ1) is 19.6. The van der Waals surface area contributed by atoms with Crippen LogP contribution in [0.25, 0.3) is 0 Å². The smallest absolute Gasteiger partial charge is 0.431 e. The number of nitrogens with zero attached hydrogens (tertiary/aromatic N) is 1. The first kappa shape index (κ1) is 29.0. The lowest BCUT2D eigenvalue weighted by Crippen LogP contribution is -2.60. The van der Waals surface area contributed by atoms with Gasteiger partial charge in [-0.2, -0.15) is 5.06 Å². The van der Waals surface area contributed by atoms with Crippen LogP contribution < -0.4 is 21.2 Å². The zero-order valence-corrected chi connectivity index (χ0v) is 25.1. The molecule has 1 N–H and O–H groups in total. The van der Waals surface area contributed by atoms with E-state index in [4.69, 9.17) is 9.47 Å². The molecule has 5 nitrogen and oxygen atoms in total. The maximum Gasteiger partial charge on any atom is 0.508 e. The standard InChI is InChI=1S/C35H39NO4P/c1-34(2)24-28(25-35(3,4)36(34)38)40-33(37)39-26-27-20-22-32(23-21-27)41(29-14-8-5-9-15-29,30-16-10-6-11-17-30)31-18-12-7-13-19-31/h5-23,28,38H,24-26H2,1-4H3/q+1. The summed E-state index contributed by atoms with van der Waals surface area (Å²) in [6.07, 6.45) is 0.0464. The third-order valence-corrected chi connectivity index (χ3v) is 12.3. The van der Waals surface area contributed by atoms with E-state index in [1.807, 2.05) is 39.8 Å². The molecule has 4 aromatic carbocycles. The van der Waals surface area contributed by atoms with Gasteiger partial charge in [-0.25, -0.2) is 4.79 Å². The molecule has 0 radical (unpaired) electrons. The second kappa shape index (κ2) is 11.8. The Hall–Kier alpha value is -3.50. The minimum absolute atomic E-state index is 0.123. The minimum Gasteiger partial charge on any atom is -0.431 e. The van der Waals surface area contributed by atoms with Crippen molar-refractivity contribution in [3.63, 3.8) is 0 Å². The second-order valence-electron chi connectivity index (χ2n) is 12.0. The lowest BCUT2D eigenvalue weighted by molar-refractivity contribution is -0.257. The zero-order chi connectivity index (χ0) is 29.1. The van der Waals surface area contributed by atoms with E-state index < -0.39 is 24.5 Å². The molecular weight excluding hydrogens is 529 g/mol.